The molecule has 60 valence electrons. The van der Waals surface area contributed by atoms with Crippen LogP contribution in [0.5, 0.6) is 0 Å². The van der Waals surface area contributed by atoms with Gasteiger partial charge >= 0.3 is 4.84 Å². The van der Waals surface area contributed by atoms with E-state index in [1.165, 1.54) is 18.6 Å². The zero-order valence-electron chi connectivity index (χ0n) is 5.87. The van der Waals surface area contributed by atoms with Crippen LogP contribution in [0.15, 0.2) is 4.52 Å². The molecule has 11 heavy (non-hydrogen) atoms. The van der Waals surface area contributed by atoms with Gasteiger partial charge in [-0.3, -0.25) is 0 Å². The smallest absolute Gasteiger partial charge is 0.314 e. The van der Waals surface area contributed by atoms with E-state index in [0.29, 0.717) is 10.1 Å². The molecule has 0 amide bonds. The highest BCUT2D eigenvalue weighted by Crippen LogP contribution is 2.37. The summed E-state index contributed by atoms with van der Waals surface area (Å²) in [5.41, 5.74) is 0. The molecule has 1 unspecified atom stereocenters. The van der Waals surface area contributed by atoms with Crippen molar-refractivity contribution in [3.63, 3.8) is 0 Å². The Morgan fingerprint density at radius 2 is 2.64 bits per heavy atom. The zero-order chi connectivity index (χ0) is 7.68. The molecule has 1 aromatic heterocycles. The van der Waals surface area contributed by atoms with Crippen LogP contribution in [0.3, 0.4) is 0 Å². The summed E-state index contributed by atoms with van der Waals surface area (Å²) in [6.45, 7) is 0. The summed E-state index contributed by atoms with van der Waals surface area (Å²) >= 11 is 6.66. The van der Waals surface area contributed by atoms with Crippen molar-refractivity contribution in [1.29, 1.82) is 0 Å². The van der Waals surface area contributed by atoms with E-state index in [-0.39, 0.29) is 0 Å². The number of nitrogens with one attached hydrogen (secondary N) is 1. The average Bonchev–Trinajstić information content (AvgIpc) is 2.55. The van der Waals surface area contributed by atoms with Gasteiger partial charge in [0.1, 0.15) is 0 Å². The van der Waals surface area contributed by atoms with Crippen LogP contribution in [0.4, 0.5) is 0 Å². The third-order valence-electron chi connectivity index (χ3n) is 1.69. The lowest BCUT2D eigenvalue weighted by Gasteiger charge is -1.99. The van der Waals surface area contributed by atoms with E-state index >= 15 is 0 Å². The largest absolute Gasteiger partial charge is 0.348 e. The highest BCUT2D eigenvalue weighted by molar-refractivity contribution is 7.99. The van der Waals surface area contributed by atoms with E-state index in [1.54, 1.807) is 0 Å². The van der Waals surface area contributed by atoms with Crippen LogP contribution in [0.1, 0.15) is 23.9 Å². The summed E-state index contributed by atoms with van der Waals surface area (Å²) in [4.78, 5) is 4.38. The first-order valence-corrected chi connectivity index (χ1v) is 4.99. The first-order valence-electron chi connectivity index (χ1n) is 3.53. The standard InChI is InChI=1S/C6H8N2OS2/c10-6-7-5(8-9-6)4-2-1-3-11-4/h4H,1-3H2,(H,7,8,10). The lowest BCUT2D eigenvalue weighted by Crippen LogP contribution is -1.90. The highest BCUT2D eigenvalue weighted by atomic mass is 32.2. The fourth-order valence-corrected chi connectivity index (χ4v) is 2.52. The predicted molar refractivity (Wildman–Crippen MR) is 46.1 cm³/mol. The first-order chi connectivity index (χ1) is 5.36. The maximum absolute atomic E-state index is 4.84. The third-order valence-corrected chi connectivity index (χ3v) is 3.25. The molecule has 0 aromatic carbocycles. The van der Waals surface area contributed by atoms with Crippen LogP contribution in [0.2, 0.25) is 0 Å². The Labute approximate surface area is 73.6 Å². The molecule has 0 spiro atoms. The van der Waals surface area contributed by atoms with Gasteiger partial charge in [0.15, 0.2) is 5.82 Å². The second-order valence-corrected chi connectivity index (χ2v) is 4.13. The fourth-order valence-electron chi connectivity index (χ4n) is 1.17. The van der Waals surface area contributed by atoms with Crippen molar-refractivity contribution in [3.05, 3.63) is 10.7 Å². The Bertz CT molecular complexity index is 287. The quantitative estimate of drug-likeness (QED) is 0.687. The number of thioether (sulfide) groups is 1. The molecule has 0 radical (unpaired) electrons. The fraction of sp³-hybridized carbons (Fsp3) is 0.667. The van der Waals surface area contributed by atoms with E-state index in [9.17, 15) is 0 Å². The van der Waals surface area contributed by atoms with Crippen LogP contribution >= 0.6 is 24.0 Å². The van der Waals surface area contributed by atoms with Crippen molar-refractivity contribution >= 4 is 24.0 Å². The zero-order valence-corrected chi connectivity index (χ0v) is 7.50. The molecule has 3 nitrogen and oxygen atoms in total. The van der Waals surface area contributed by atoms with E-state index in [0.717, 1.165) is 5.82 Å². The Hall–Kier alpha value is -0.290. The van der Waals surface area contributed by atoms with Gasteiger partial charge in [-0.05, 0) is 30.8 Å². The summed E-state index contributed by atoms with van der Waals surface area (Å²) < 4.78 is 4.84. The normalized spacial score (nSPS) is 24.2. The van der Waals surface area contributed by atoms with Crippen molar-refractivity contribution < 1.29 is 4.52 Å². The van der Waals surface area contributed by atoms with Gasteiger partial charge in [-0.2, -0.15) is 16.7 Å². The van der Waals surface area contributed by atoms with Crippen LogP contribution in [-0.4, -0.2) is 15.9 Å². The number of H-pyrrole nitrogens is 1. The molecule has 1 fully saturated rings. The van der Waals surface area contributed by atoms with Gasteiger partial charge in [-0.15, -0.1) is 0 Å². The van der Waals surface area contributed by atoms with Gasteiger partial charge in [0.25, 0.3) is 0 Å². The Morgan fingerprint density at radius 1 is 1.73 bits per heavy atom. The molecular formula is C6H8N2OS2. The molecule has 1 N–H and O–H groups in total. The first kappa shape index (κ1) is 7.36. The molecular weight excluding hydrogens is 180 g/mol. The Balaban J connectivity index is 2.21. The molecule has 2 heterocycles. The minimum Gasteiger partial charge on any atom is -0.348 e. The van der Waals surface area contributed by atoms with E-state index in [1.807, 2.05) is 11.8 Å². The highest BCUT2D eigenvalue weighted by Gasteiger charge is 2.20. The minimum atomic E-state index is 0.313. The second-order valence-electron chi connectivity index (χ2n) is 2.47. The lowest BCUT2D eigenvalue weighted by atomic mass is 10.2. The summed E-state index contributed by atoms with van der Waals surface area (Å²) in [6, 6.07) is 0. The Kier molecular flexibility index (Phi) is 2.00. The third kappa shape index (κ3) is 1.49. The number of aromatic amines is 1. The van der Waals surface area contributed by atoms with Gasteiger partial charge < -0.3 is 4.52 Å². The van der Waals surface area contributed by atoms with E-state index in [4.69, 9.17) is 16.7 Å². The van der Waals surface area contributed by atoms with Crippen LogP contribution in [-0.2, 0) is 0 Å². The maximum Gasteiger partial charge on any atom is 0.314 e. The van der Waals surface area contributed by atoms with E-state index < -0.39 is 0 Å². The number of nitrogens with zero attached hydrogens (tertiary/aromatic N) is 1. The molecule has 1 atom stereocenters. The van der Waals surface area contributed by atoms with Crippen molar-refractivity contribution in [3.8, 4) is 0 Å². The van der Waals surface area contributed by atoms with Gasteiger partial charge in [0, 0.05) is 0 Å². The van der Waals surface area contributed by atoms with Crippen molar-refractivity contribution in [2.45, 2.75) is 18.1 Å². The van der Waals surface area contributed by atoms with Crippen molar-refractivity contribution in [2.24, 2.45) is 0 Å². The predicted octanol–water partition coefficient (Wildman–Crippen LogP) is 2.30. The molecule has 0 bridgehead atoms. The van der Waals surface area contributed by atoms with Gasteiger partial charge in [0.05, 0.1) is 5.25 Å². The van der Waals surface area contributed by atoms with Crippen LogP contribution < -0.4 is 0 Å². The summed E-state index contributed by atoms with van der Waals surface area (Å²) in [6.07, 6.45) is 2.45. The summed E-state index contributed by atoms with van der Waals surface area (Å²) in [5, 5.41) is 3.22. The minimum absolute atomic E-state index is 0.313. The van der Waals surface area contributed by atoms with E-state index in [2.05, 4.69) is 10.1 Å². The Morgan fingerprint density at radius 3 is 3.18 bits per heavy atom. The summed E-state index contributed by atoms with van der Waals surface area (Å²) in [7, 11) is 0. The summed E-state index contributed by atoms with van der Waals surface area (Å²) in [5.74, 6) is 2.12. The molecule has 0 saturated carbocycles. The molecule has 1 aromatic rings. The van der Waals surface area contributed by atoms with Gasteiger partial charge in [-0.1, -0.05) is 0 Å². The SMILES string of the molecule is S=c1nc(C2CCCS2)[nH]o1. The molecule has 2 rings (SSSR count). The molecule has 1 aliphatic heterocycles. The van der Waals surface area contributed by atoms with Gasteiger partial charge in [-0.25, -0.2) is 5.16 Å². The number of rotatable bonds is 1. The number of hydrogen-bond donors (Lipinski definition) is 1. The topological polar surface area (TPSA) is 41.8 Å². The molecule has 5 heteroatoms. The lowest BCUT2D eigenvalue weighted by molar-refractivity contribution is 0.397. The number of hydrogen-bond acceptors (Lipinski definition) is 4. The average molecular weight is 188 g/mol. The van der Waals surface area contributed by atoms with Crippen LogP contribution in [0, 0.1) is 4.84 Å². The second kappa shape index (κ2) is 2.98. The monoisotopic (exact) mass is 188 g/mol. The molecule has 1 aliphatic rings. The molecule has 1 saturated heterocycles. The van der Waals surface area contributed by atoms with Crippen molar-refractivity contribution in [1.82, 2.24) is 10.1 Å². The van der Waals surface area contributed by atoms with Crippen LogP contribution in [0.25, 0.3) is 0 Å². The number of aromatic nitrogens is 2. The molecule has 0 aliphatic carbocycles. The maximum atomic E-state index is 4.84. The van der Waals surface area contributed by atoms with Crippen molar-refractivity contribution in [2.75, 3.05) is 5.75 Å². The van der Waals surface area contributed by atoms with Gasteiger partial charge in [0.2, 0.25) is 0 Å².